The van der Waals surface area contributed by atoms with Gasteiger partial charge in [-0.3, -0.25) is 9.52 Å². The fourth-order valence-electron chi connectivity index (χ4n) is 3.07. The summed E-state index contributed by atoms with van der Waals surface area (Å²) in [5, 5.41) is 5.03. The van der Waals surface area contributed by atoms with E-state index in [9.17, 15) is 13.2 Å². The van der Waals surface area contributed by atoms with Gasteiger partial charge in [-0.05, 0) is 46.7 Å². The van der Waals surface area contributed by atoms with Crippen molar-refractivity contribution in [3.05, 3.63) is 71.8 Å². The highest BCUT2D eigenvalue weighted by molar-refractivity contribution is 7.92. The molecule has 1 heterocycles. The first-order valence-corrected chi connectivity index (χ1v) is 9.92. The Balaban J connectivity index is 1.78. The Morgan fingerprint density at radius 3 is 2.50 bits per heavy atom. The highest BCUT2D eigenvalue weighted by Gasteiger charge is 2.24. The SMILES string of the molecule is CS(=O)(=O)Nc1ccc2c(c1)C(=Cc1ccc3ccccc3c1)C(=O)N2. The second-order valence-electron chi connectivity index (χ2n) is 6.25. The topological polar surface area (TPSA) is 75.3 Å². The molecule has 0 fully saturated rings. The van der Waals surface area contributed by atoms with Crippen molar-refractivity contribution in [1.82, 2.24) is 0 Å². The molecule has 0 aromatic heterocycles. The van der Waals surface area contributed by atoms with Gasteiger partial charge in [-0.25, -0.2) is 8.42 Å². The lowest BCUT2D eigenvalue weighted by Gasteiger charge is -2.06. The highest BCUT2D eigenvalue weighted by Crippen LogP contribution is 2.35. The number of carbonyl (C=O) groups is 1. The third kappa shape index (κ3) is 3.19. The lowest BCUT2D eigenvalue weighted by Crippen LogP contribution is -2.09. The third-order valence-electron chi connectivity index (χ3n) is 4.19. The van der Waals surface area contributed by atoms with Crippen molar-refractivity contribution in [3.8, 4) is 0 Å². The molecule has 1 amide bonds. The number of hydrogen-bond acceptors (Lipinski definition) is 3. The van der Waals surface area contributed by atoms with Gasteiger partial charge in [-0.2, -0.15) is 0 Å². The summed E-state index contributed by atoms with van der Waals surface area (Å²) in [5.74, 6) is -0.204. The molecule has 3 aromatic rings. The van der Waals surface area contributed by atoms with Crippen molar-refractivity contribution in [2.24, 2.45) is 0 Å². The number of amides is 1. The second kappa shape index (κ2) is 6.00. The zero-order valence-electron chi connectivity index (χ0n) is 14.0. The summed E-state index contributed by atoms with van der Waals surface area (Å²) in [6, 6.07) is 19.0. The number of nitrogens with one attached hydrogen (secondary N) is 2. The standard InChI is InChI=1S/C20H16N2O3S/c1-26(24,25)22-16-8-9-19-17(12-16)18(20(23)21-19)11-13-6-7-14-4-2-3-5-15(14)10-13/h2-12,22H,1H3,(H,21,23). The van der Waals surface area contributed by atoms with Gasteiger partial charge >= 0.3 is 0 Å². The summed E-state index contributed by atoms with van der Waals surface area (Å²) in [6.45, 7) is 0. The molecule has 26 heavy (non-hydrogen) atoms. The van der Waals surface area contributed by atoms with E-state index in [0.29, 0.717) is 22.5 Å². The van der Waals surface area contributed by atoms with Gasteiger partial charge in [0.1, 0.15) is 0 Å². The number of rotatable bonds is 3. The lowest BCUT2D eigenvalue weighted by atomic mass is 10.0. The van der Waals surface area contributed by atoms with E-state index in [4.69, 9.17) is 0 Å². The van der Waals surface area contributed by atoms with Crippen molar-refractivity contribution < 1.29 is 13.2 Å². The van der Waals surface area contributed by atoms with Gasteiger partial charge in [-0.1, -0.05) is 36.4 Å². The zero-order valence-corrected chi connectivity index (χ0v) is 14.8. The number of carbonyl (C=O) groups excluding carboxylic acids is 1. The number of benzene rings is 3. The van der Waals surface area contributed by atoms with Gasteiger partial charge in [0.15, 0.2) is 0 Å². The predicted octanol–water partition coefficient (Wildman–Crippen LogP) is 3.70. The first-order valence-electron chi connectivity index (χ1n) is 8.03. The van der Waals surface area contributed by atoms with Crippen LogP contribution < -0.4 is 10.0 Å². The molecule has 6 heteroatoms. The van der Waals surface area contributed by atoms with Crippen molar-refractivity contribution in [2.45, 2.75) is 0 Å². The van der Waals surface area contributed by atoms with Crippen LogP contribution in [-0.2, 0) is 14.8 Å². The molecule has 0 unspecified atom stereocenters. The molecular weight excluding hydrogens is 348 g/mol. The molecule has 4 rings (SSSR count). The third-order valence-corrected chi connectivity index (χ3v) is 4.80. The second-order valence-corrected chi connectivity index (χ2v) is 8.00. The number of sulfonamides is 1. The molecule has 1 aliphatic heterocycles. The van der Waals surface area contributed by atoms with Gasteiger partial charge in [-0.15, -0.1) is 0 Å². The van der Waals surface area contributed by atoms with Crippen LogP contribution in [0.5, 0.6) is 0 Å². The van der Waals surface area contributed by atoms with Crippen molar-refractivity contribution in [2.75, 3.05) is 16.3 Å². The van der Waals surface area contributed by atoms with Gasteiger partial charge in [0.25, 0.3) is 5.91 Å². The lowest BCUT2D eigenvalue weighted by molar-refractivity contribution is -0.110. The van der Waals surface area contributed by atoms with Crippen molar-refractivity contribution in [3.63, 3.8) is 0 Å². The Labute approximate surface area is 151 Å². The molecule has 3 aromatic carbocycles. The van der Waals surface area contributed by atoms with Crippen LogP contribution in [-0.4, -0.2) is 20.6 Å². The largest absolute Gasteiger partial charge is 0.321 e. The minimum Gasteiger partial charge on any atom is -0.321 e. The number of fused-ring (bicyclic) bond motifs is 2. The smallest absolute Gasteiger partial charge is 0.256 e. The Morgan fingerprint density at radius 1 is 0.962 bits per heavy atom. The minimum absolute atomic E-state index is 0.204. The fourth-order valence-corrected chi connectivity index (χ4v) is 3.63. The van der Waals surface area contributed by atoms with E-state index in [1.165, 1.54) is 0 Å². The van der Waals surface area contributed by atoms with E-state index in [2.05, 4.69) is 10.0 Å². The zero-order chi connectivity index (χ0) is 18.3. The molecule has 1 aliphatic rings. The van der Waals surface area contributed by atoms with Crippen molar-refractivity contribution in [1.29, 1.82) is 0 Å². The summed E-state index contributed by atoms with van der Waals surface area (Å²) in [4.78, 5) is 12.4. The summed E-state index contributed by atoms with van der Waals surface area (Å²) in [5.41, 5.74) is 3.18. The average molecular weight is 364 g/mol. The Hall–Kier alpha value is -3.12. The fraction of sp³-hybridized carbons (Fsp3) is 0.0500. The quantitative estimate of drug-likeness (QED) is 0.696. The molecule has 5 nitrogen and oxygen atoms in total. The normalized spacial score (nSPS) is 15.1. The Bertz CT molecular complexity index is 1180. The van der Waals surface area contributed by atoms with E-state index in [0.717, 1.165) is 22.6 Å². The maximum atomic E-state index is 12.4. The predicted molar refractivity (Wildman–Crippen MR) is 105 cm³/mol. The van der Waals surface area contributed by atoms with E-state index in [1.807, 2.05) is 48.5 Å². The first-order chi connectivity index (χ1) is 12.4. The Morgan fingerprint density at radius 2 is 1.73 bits per heavy atom. The van der Waals surface area contributed by atoms with Crippen LogP contribution in [0.3, 0.4) is 0 Å². The summed E-state index contributed by atoms with van der Waals surface area (Å²) in [6.07, 6.45) is 2.91. The molecule has 0 bridgehead atoms. The number of anilines is 2. The van der Waals surface area contributed by atoms with E-state index < -0.39 is 10.0 Å². The maximum absolute atomic E-state index is 12.4. The molecule has 0 saturated heterocycles. The van der Waals surface area contributed by atoms with Gasteiger partial charge < -0.3 is 5.32 Å². The molecule has 0 saturated carbocycles. The Kier molecular flexibility index (Phi) is 3.77. The monoisotopic (exact) mass is 364 g/mol. The van der Waals surface area contributed by atoms with Crippen LogP contribution in [0, 0.1) is 0 Å². The van der Waals surface area contributed by atoms with E-state index >= 15 is 0 Å². The molecule has 0 radical (unpaired) electrons. The van der Waals surface area contributed by atoms with Gasteiger partial charge in [0, 0.05) is 22.5 Å². The number of hydrogen-bond donors (Lipinski definition) is 2. The van der Waals surface area contributed by atoms with Crippen LogP contribution in [0.25, 0.3) is 22.4 Å². The molecule has 2 N–H and O–H groups in total. The molecular formula is C20H16N2O3S. The van der Waals surface area contributed by atoms with Gasteiger partial charge in [0.05, 0.1) is 6.26 Å². The first kappa shape index (κ1) is 16.4. The van der Waals surface area contributed by atoms with Crippen molar-refractivity contribution >= 4 is 49.7 Å². The summed E-state index contributed by atoms with van der Waals surface area (Å²) < 4.78 is 25.3. The van der Waals surface area contributed by atoms with Crippen LogP contribution in [0.15, 0.2) is 60.7 Å². The van der Waals surface area contributed by atoms with Crippen LogP contribution >= 0.6 is 0 Å². The van der Waals surface area contributed by atoms with Crippen LogP contribution in [0.1, 0.15) is 11.1 Å². The van der Waals surface area contributed by atoms with Gasteiger partial charge in [0.2, 0.25) is 10.0 Å². The summed E-state index contributed by atoms with van der Waals surface area (Å²) >= 11 is 0. The average Bonchev–Trinajstić information content (AvgIpc) is 2.89. The van der Waals surface area contributed by atoms with Crippen LogP contribution in [0.2, 0.25) is 0 Å². The maximum Gasteiger partial charge on any atom is 0.256 e. The van der Waals surface area contributed by atoms with Crippen LogP contribution in [0.4, 0.5) is 11.4 Å². The molecule has 0 atom stereocenters. The van der Waals surface area contributed by atoms with E-state index in [-0.39, 0.29) is 5.91 Å². The minimum atomic E-state index is -3.38. The molecule has 0 spiro atoms. The molecule has 130 valence electrons. The van der Waals surface area contributed by atoms with E-state index in [1.54, 1.807) is 18.2 Å². The summed E-state index contributed by atoms with van der Waals surface area (Å²) in [7, 11) is -3.38. The highest BCUT2D eigenvalue weighted by atomic mass is 32.2. The molecule has 0 aliphatic carbocycles.